The van der Waals surface area contributed by atoms with Crippen molar-refractivity contribution in [3.63, 3.8) is 0 Å². The molecule has 2 aromatic rings. The minimum Gasteiger partial charge on any atom is -0.339 e. The molecule has 0 aliphatic heterocycles. The van der Waals surface area contributed by atoms with E-state index in [0.717, 1.165) is 24.8 Å². The Hall–Kier alpha value is -1.68. The highest BCUT2D eigenvalue weighted by atomic mass is 16.5. The van der Waals surface area contributed by atoms with Crippen LogP contribution in [0.2, 0.25) is 0 Å². The van der Waals surface area contributed by atoms with Crippen LogP contribution in [0.1, 0.15) is 44.1 Å². The van der Waals surface area contributed by atoms with Crippen LogP contribution in [-0.4, -0.2) is 16.7 Å². The monoisotopic (exact) mass is 259 g/mol. The van der Waals surface area contributed by atoms with E-state index in [4.69, 9.17) is 10.3 Å². The van der Waals surface area contributed by atoms with Gasteiger partial charge in [-0.05, 0) is 31.4 Å². The third kappa shape index (κ3) is 3.41. The third-order valence-electron chi connectivity index (χ3n) is 3.32. The molecule has 0 amide bonds. The fraction of sp³-hybridized carbons (Fsp3) is 0.467. The molecule has 4 nitrogen and oxygen atoms in total. The lowest BCUT2D eigenvalue weighted by Gasteiger charge is -2.03. The summed E-state index contributed by atoms with van der Waals surface area (Å²) in [7, 11) is 0. The maximum absolute atomic E-state index is 5.51. The molecule has 0 bridgehead atoms. The number of nitrogens with two attached hydrogens (primary N) is 1. The fourth-order valence-electron chi connectivity index (χ4n) is 1.99. The summed E-state index contributed by atoms with van der Waals surface area (Å²) < 4.78 is 5.33. The zero-order valence-electron chi connectivity index (χ0n) is 11.6. The zero-order valence-corrected chi connectivity index (χ0v) is 11.6. The largest absolute Gasteiger partial charge is 0.339 e. The van der Waals surface area contributed by atoms with E-state index in [1.54, 1.807) is 0 Å². The van der Waals surface area contributed by atoms with Gasteiger partial charge >= 0.3 is 0 Å². The molecule has 4 heteroatoms. The summed E-state index contributed by atoms with van der Waals surface area (Å²) in [4.78, 5) is 4.47. The molecule has 102 valence electrons. The maximum Gasteiger partial charge on any atom is 0.229 e. The van der Waals surface area contributed by atoms with Crippen LogP contribution in [0.5, 0.6) is 0 Å². The molecule has 1 unspecified atom stereocenters. The Balaban J connectivity index is 2.11. The van der Waals surface area contributed by atoms with Gasteiger partial charge in [-0.2, -0.15) is 4.98 Å². The minimum atomic E-state index is 0.264. The van der Waals surface area contributed by atoms with E-state index in [1.165, 1.54) is 5.56 Å². The Morgan fingerprint density at radius 3 is 2.63 bits per heavy atom. The molecule has 1 heterocycles. The molecule has 2 N–H and O–H groups in total. The molecule has 0 aliphatic carbocycles. The van der Waals surface area contributed by atoms with Gasteiger partial charge in [0.25, 0.3) is 0 Å². The van der Waals surface area contributed by atoms with E-state index in [-0.39, 0.29) is 5.92 Å². The summed E-state index contributed by atoms with van der Waals surface area (Å²) in [5, 5.41) is 4.05. The molecular weight excluding hydrogens is 238 g/mol. The Labute approximate surface area is 114 Å². The molecule has 19 heavy (non-hydrogen) atoms. The number of benzene rings is 1. The van der Waals surface area contributed by atoms with Crippen molar-refractivity contribution < 1.29 is 4.52 Å². The van der Waals surface area contributed by atoms with E-state index in [1.807, 2.05) is 12.1 Å². The van der Waals surface area contributed by atoms with Crippen molar-refractivity contribution in [2.75, 3.05) is 6.54 Å². The highest BCUT2D eigenvalue weighted by molar-refractivity contribution is 5.54. The smallest absolute Gasteiger partial charge is 0.229 e. The third-order valence-corrected chi connectivity index (χ3v) is 3.32. The summed E-state index contributed by atoms with van der Waals surface area (Å²) in [5.41, 5.74) is 7.82. The van der Waals surface area contributed by atoms with Gasteiger partial charge in [0.15, 0.2) is 0 Å². The highest BCUT2D eigenvalue weighted by Gasteiger charge is 2.14. The number of hydrogen-bond donors (Lipinski definition) is 1. The summed E-state index contributed by atoms with van der Waals surface area (Å²) in [6.07, 6.45) is 2.99. The van der Waals surface area contributed by atoms with Crippen LogP contribution < -0.4 is 5.73 Å². The highest BCUT2D eigenvalue weighted by Crippen LogP contribution is 2.22. The van der Waals surface area contributed by atoms with Crippen LogP contribution in [0.25, 0.3) is 11.4 Å². The predicted octanol–water partition coefficient (Wildman–Crippen LogP) is 3.14. The molecule has 0 aliphatic rings. The minimum absolute atomic E-state index is 0.264. The average Bonchev–Trinajstić information content (AvgIpc) is 2.94. The number of aryl methyl sites for hydroxylation is 1. The topological polar surface area (TPSA) is 64.9 Å². The van der Waals surface area contributed by atoms with Gasteiger partial charge in [-0.25, -0.2) is 0 Å². The summed E-state index contributed by atoms with van der Waals surface area (Å²) in [6.45, 7) is 4.93. The van der Waals surface area contributed by atoms with Crippen molar-refractivity contribution in [2.24, 2.45) is 5.73 Å². The number of rotatable bonds is 6. The van der Waals surface area contributed by atoms with Crippen molar-refractivity contribution in [2.45, 2.75) is 39.0 Å². The van der Waals surface area contributed by atoms with Crippen molar-refractivity contribution in [1.29, 1.82) is 0 Å². The summed E-state index contributed by atoms with van der Waals surface area (Å²) in [5.74, 6) is 1.62. The first kappa shape index (κ1) is 13.7. The molecule has 0 radical (unpaired) electrons. The average molecular weight is 259 g/mol. The van der Waals surface area contributed by atoms with Gasteiger partial charge in [0.05, 0.1) is 0 Å². The first-order valence-electron chi connectivity index (χ1n) is 6.87. The van der Waals surface area contributed by atoms with Crippen molar-refractivity contribution in [3.8, 4) is 11.4 Å². The predicted molar refractivity (Wildman–Crippen MR) is 75.8 cm³/mol. The molecule has 1 atom stereocenters. The van der Waals surface area contributed by atoms with Crippen LogP contribution in [0.15, 0.2) is 28.8 Å². The molecule has 0 spiro atoms. The summed E-state index contributed by atoms with van der Waals surface area (Å²) in [6, 6.07) is 8.28. The van der Waals surface area contributed by atoms with Crippen LogP contribution in [0, 0.1) is 0 Å². The fourth-order valence-corrected chi connectivity index (χ4v) is 1.99. The normalized spacial score (nSPS) is 12.6. The van der Waals surface area contributed by atoms with Gasteiger partial charge in [0.1, 0.15) is 0 Å². The van der Waals surface area contributed by atoms with Gasteiger partial charge < -0.3 is 10.3 Å². The van der Waals surface area contributed by atoms with Gasteiger partial charge in [-0.1, -0.05) is 43.3 Å². The molecule has 1 aromatic carbocycles. The number of aromatic nitrogens is 2. The Bertz CT molecular complexity index is 504. The quantitative estimate of drug-likeness (QED) is 0.865. The zero-order chi connectivity index (χ0) is 13.7. The second kappa shape index (κ2) is 6.48. The second-order valence-corrected chi connectivity index (χ2v) is 4.84. The van der Waals surface area contributed by atoms with Crippen molar-refractivity contribution in [3.05, 3.63) is 35.7 Å². The molecule has 2 rings (SSSR count). The van der Waals surface area contributed by atoms with Gasteiger partial charge in [-0.3, -0.25) is 0 Å². The van der Waals surface area contributed by atoms with E-state index >= 15 is 0 Å². The van der Waals surface area contributed by atoms with Crippen LogP contribution in [0.3, 0.4) is 0 Å². The molecule has 1 aromatic heterocycles. The van der Waals surface area contributed by atoms with Crippen molar-refractivity contribution in [1.82, 2.24) is 10.1 Å². The Morgan fingerprint density at radius 1 is 1.26 bits per heavy atom. The first-order chi connectivity index (χ1) is 9.24. The van der Waals surface area contributed by atoms with Crippen molar-refractivity contribution >= 4 is 0 Å². The van der Waals surface area contributed by atoms with Crippen LogP contribution in [0.4, 0.5) is 0 Å². The molecule has 0 fully saturated rings. The molecule has 0 saturated carbocycles. The van der Waals surface area contributed by atoms with Gasteiger partial charge in [0, 0.05) is 11.5 Å². The number of hydrogen-bond acceptors (Lipinski definition) is 4. The lowest BCUT2D eigenvalue weighted by atomic mass is 10.1. The first-order valence-corrected chi connectivity index (χ1v) is 6.87. The SMILES string of the molecule is CCc1ccc(-c2noc(C(C)CCCN)n2)cc1. The van der Waals surface area contributed by atoms with E-state index < -0.39 is 0 Å². The maximum atomic E-state index is 5.51. The van der Waals surface area contributed by atoms with E-state index in [2.05, 4.69) is 36.1 Å². The molecule has 0 saturated heterocycles. The Kier molecular flexibility index (Phi) is 4.68. The summed E-state index contributed by atoms with van der Waals surface area (Å²) >= 11 is 0. The lowest BCUT2D eigenvalue weighted by Crippen LogP contribution is -2.02. The lowest BCUT2D eigenvalue weighted by molar-refractivity contribution is 0.352. The number of nitrogens with zero attached hydrogens (tertiary/aromatic N) is 2. The van der Waals surface area contributed by atoms with E-state index in [9.17, 15) is 0 Å². The second-order valence-electron chi connectivity index (χ2n) is 4.84. The van der Waals surface area contributed by atoms with E-state index in [0.29, 0.717) is 18.3 Å². The molecular formula is C15H21N3O. The van der Waals surface area contributed by atoms with Crippen LogP contribution in [-0.2, 0) is 6.42 Å². The van der Waals surface area contributed by atoms with Crippen LogP contribution >= 0.6 is 0 Å². The van der Waals surface area contributed by atoms with Gasteiger partial charge in [0.2, 0.25) is 11.7 Å². The van der Waals surface area contributed by atoms with Gasteiger partial charge in [-0.15, -0.1) is 0 Å². The standard InChI is InChI=1S/C15H21N3O/c1-3-12-6-8-13(9-7-12)14-17-15(19-18-14)11(2)5-4-10-16/h6-9,11H,3-5,10,16H2,1-2H3. The Morgan fingerprint density at radius 2 is 2.00 bits per heavy atom.